The molecule has 2 bridgehead atoms. The van der Waals surface area contributed by atoms with E-state index in [-0.39, 0.29) is 23.5 Å². The molecule has 4 rings (SSSR count). The Kier molecular flexibility index (Phi) is 2.55. The first-order chi connectivity index (χ1) is 9.75. The molecular formula is C17H19NO2. The van der Waals surface area contributed by atoms with Crippen molar-refractivity contribution >= 4 is 11.6 Å². The van der Waals surface area contributed by atoms with Gasteiger partial charge in [-0.2, -0.15) is 0 Å². The fourth-order valence-corrected chi connectivity index (χ4v) is 4.11. The zero-order valence-corrected chi connectivity index (χ0v) is 11.7. The van der Waals surface area contributed by atoms with E-state index in [1.54, 1.807) is 0 Å². The Bertz CT molecular complexity index is 568. The number of hydrogen-bond donors (Lipinski definition) is 0. The summed E-state index contributed by atoms with van der Waals surface area (Å²) in [5, 5.41) is 0. The van der Waals surface area contributed by atoms with Gasteiger partial charge in [0.1, 0.15) is 5.60 Å². The molecule has 1 aromatic carbocycles. The third-order valence-electron chi connectivity index (χ3n) is 4.93. The number of carbonyl (C=O) groups excluding carboxylic acids is 1. The van der Waals surface area contributed by atoms with E-state index in [9.17, 15) is 4.79 Å². The summed E-state index contributed by atoms with van der Waals surface area (Å²) in [5.41, 5.74) is 0.620. The molecule has 0 saturated carbocycles. The van der Waals surface area contributed by atoms with Crippen molar-refractivity contribution < 1.29 is 9.53 Å². The number of nitrogens with zero attached hydrogens (tertiary/aromatic N) is 1. The number of hydrogen-bond acceptors (Lipinski definition) is 2. The Labute approximate surface area is 119 Å². The minimum absolute atomic E-state index is 0.0117. The van der Waals surface area contributed by atoms with Gasteiger partial charge in [-0.15, -0.1) is 0 Å². The van der Waals surface area contributed by atoms with Gasteiger partial charge in [-0.3, -0.25) is 4.79 Å². The van der Waals surface area contributed by atoms with Gasteiger partial charge in [-0.05, 0) is 18.6 Å². The molecule has 4 atom stereocenters. The topological polar surface area (TPSA) is 29.5 Å². The average molecular weight is 269 g/mol. The third-order valence-corrected chi connectivity index (χ3v) is 4.93. The highest BCUT2D eigenvalue weighted by Crippen LogP contribution is 2.53. The van der Waals surface area contributed by atoms with Crippen LogP contribution in [-0.4, -0.2) is 24.2 Å². The van der Waals surface area contributed by atoms with E-state index in [0.29, 0.717) is 12.5 Å². The summed E-state index contributed by atoms with van der Waals surface area (Å²) in [6.45, 7) is 2.84. The van der Waals surface area contributed by atoms with Crippen LogP contribution >= 0.6 is 0 Å². The monoisotopic (exact) mass is 269 g/mol. The van der Waals surface area contributed by atoms with Crippen LogP contribution < -0.4 is 4.90 Å². The molecule has 1 amide bonds. The number of anilines is 1. The van der Waals surface area contributed by atoms with Gasteiger partial charge in [-0.25, -0.2) is 0 Å². The molecule has 104 valence electrons. The number of benzene rings is 1. The van der Waals surface area contributed by atoms with Crippen molar-refractivity contribution in [3.8, 4) is 0 Å². The van der Waals surface area contributed by atoms with Crippen molar-refractivity contribution in [2.24, 2.45) is 11.8 Å². The highest BCUT2D eigenvalue weighted by atomic mass is 16.5. The number of carbonyl (C=O) groups is 1. The quantitative estimate of drug-likeness (QED) is 0.790. The highest BCUT2D eigenvalue weighted by molar-refractivity contribution is 6.00. The Morgan fingerprint density at radius 2 is 2.15 bits per heavy atom. The minimum Gasteiger partial charge on any atom is -0.361 e. The summed E-state index contributed by atoms with van der Waals surface area (Å²) in [5.74, 6) is 0.602. The van der Waals surface area contributed by atoms with Crippen LogP contribution in [-0.2, 0) is 9.53 Å². The maximum atomic E-state index is 12.9. The maximum Gasteiger partial charge on any atom is 0.233 e. The van der Waals surface area contributed by atoms with E-state index >= 15 is 0 Å². The first-order valence-corrected chi connectivity index (χ1v) is 7.49. The molecule has 1 spiro atoms. The molecule has 3 aliphatic heterocycles. The van der Waals surface area contributed by atoms with E-state index < -0.39 is 0 Å². The van der Waals surface area contributed by atoms with Crippen LogP contribution in [0, 0.1) is 11.8 Å². The van der Waals surface area contributed by atoms with Crippen molar-refractivity contribution in [3.63, 3.8) is 0 Å². The van der Waals surface area contributed by atoms with E-state index in [0.717, 1.165) is 18.5 Å². The van der Waals surface area contributed by atoms with Gasteiger partial charge in [0.05, 0.1) is 18.6 Å². The second-order valence-corrected chi connectivity index (χ2v) is 6.09. The molecule has 0 aromatic heterocycles. The van der Waals surface area contributed by atoms with Gasteiger partial charge in [0, 0.05) is 11.6 Å². The number of rotatable bonds is 3. The Balaban J connectivity index is 1.70. The molecule has 20 heavy (non-hydrogen) atoms. The van der Waals surface area contributed by atoms with Crippen LogP contribution in [0.2, 0.25) is 0 Å². The van der Waals surface area contributed by atoms with E-state index in [2.05, 4.69) is 19.1 Å². The zero-order valence-electron chi connectivity index (χ0n) is 11.7. The molecule has 2 fully saturated rings. The van der Waals surface area contributed by atoms with Crippen molar-refractivity contribution in [2.75, 3.05) is 11.4 Å². The lowest BCUT2D eigenvalue weighted by molar-refractivity contribution is -0.122. The first kappa shape index (κ1) is 12.2. The molecular weight excluding hydrogens is 250 g/mol. The largest absolute Gasteiger partial charge is 0.361 e. The smallest absolute Gasteiger partial charge is 0.233 e. The number of fused-ring (bicyclic) bond motifs is 1. The van der Waals surface area contributed by atoms with Crippen molar-refractivity contribution in [3.05, 3.63) is 42.5 Å². The Morgan fingerprint density at radius 1 is 1.35 bits per heavy atom. The summed E-state index contributed by atoms with van der Waals surface area (Å²) >= 11 is 0. The molecule has 3 heteroatoms. The molecule has 4 unspecified atom stereocenters. The van der Waals surface area contributed by atoms with Gasteiger partial charge in [0.25, 0.3) is 0 Å². The summed E-state index contributed by atoms with van der Waals surface area (Å²) in [6, 6.07) is 9.93. The summed E-state index contributed by atoms with van der Waals surface area (Å²) < 4.78 is 6.20. The van der Waals surface area contributed by atoms with Crippen LogP contribution in [0.1, 0.15) is 19.8 Å². The predicted octanol–water partition coefficient (Wildman–Crippen LogP) is 2.77. The summed E-state index contributed by atoms with van der Waals surface area (Å²) in [7, 11) is 0. The molecule has 1 aromatic rings. The molecule has 3 nitrogen and oxygen atoms in total. The second-order valence-electron chi connectivity index (χ2n) is 6.09. The molecule has 3 heterocycles. The molecule has 0 radical (unpaired) electrons. The normalized spacial score (nSPS) is 37.8. The average Bonchev–Trinajstić information content (AvgIpc) is 3.10. The lowest BCUT2D eigenvalue weighted by Gasteiger charge is -2.23. The van der Waals surface area contributed by atoms with E-state index in [4.69, 9.17) is 4.74 Å². The molecule has 0 aliphatic carbocycles. The van der Waals surface area contributed by atoms with Gasteiger partial charge < -0.3 is 9.64 Å². The van der Waals surface area contributed by atoms with Gasteiger partial charge in [0.2, 0.25) is 5.91 Å². The lowest BCUT2D eigenvalue weighted by Crippen LogP contribution is -2.35. The summed E-state index contributed by atoms with van der Waals surface area (Å²) in [4.78, 5) is 14.8. The first-order valence-electron chi connectivity index (χ1n) is 7.49. The van der Waals surface area contributed by atoms with Crippen LogP contribution in [0.3, 0.4) is 0 Å². The van der Waals surface area contributed by atoms with Crippen LogP contribution in [0.25, 0.3) is 0 Å². The fraction of sp³-hybridized carbons (Fsp3) is 0.471. The fourth-order valence-electron chi connectivity index (χ4n) is 4.11. The third kappa shape index (κ3) is 1.47. The Hall–Kier alpha value is -1.61. The lowest BCUT2D eigenvalue weighted by atomic mass is 9.75. The molecule has 3 aliphatic rings. The van der Waals surface area contributed by atoms with Crippen molar-refractivity contribution in [1.82, 2.24) is 0 Å². The van der Waals surface area contributed by atoms with Gasteiger partial charge >= 0.3 is 0 Å². The van der Waals surface area contributed by atoms with Crippen molar-refractivity contribution in [2.45, 2.75) is 31.5 Å². The summed E-state index contributed by atoms with van der Waals surface area (Å²) in [6.07, 6.45) is 6.62. The number of para-hydroxylation sites is 1. The van der Waals surface area contributed by atoms with Crippen molar-refractivity contribution in [1.29, 1.82) is 0 Å². The number of ether oxygens (including phenoxy) is 1. The van der Waals surface area contributed by atoms with E-state index in [1.807, 2.05) is 35.2 Å². The minimum atomic E-state index is -0.364. The second kappa shape index (κ2) is 4.19. The van der Waals surface area contributed by atoms with Crippen LogP contribution in [0.5, 0.6) is 0 Å². The van der Waals surface area contributed by atoms with Crippen LogP contribution in [0.4, 0.5) is 5.69 Å². The van der Waals surface area contributed by atoms with Gasteiger partial charge in [-0.1, -0.05) is 43.7 Å². The molecule has 0 N–H and O–H groups in total. The highest BCUT2D eigenvalue weighted by Gasteiger charge is 2.64. The van der Waals surface area contributed by atoms with E-state index in [1.165, 1.54) is 0 Å². The maximum absolute atomic E-state index is 12.9. The van der Waals surface area contributed by atoms with Crippen LogP contribution in [0.15, 0.2) is 42.5 Å². The molecule has 2 saturated heterocycles. The Morgan fingerprint density at radius 3 is 2.90 bits per heavy atom. The number of amides is 1. The SMILES string of the molecule is CCCC1C2C=CC3(CN(c4ccccc4)C(=O)C13)O2. The predicted molar refractivity (Wildman–Crippen MR) is 77.4 cm³/mol. The standard InChI is InChI=1S/C17H19NO2/c1-2-6-13-14-9-10-17(20-14)11-18(16(19)15(13)17)12-7-4-3-5-8-12/h3-5,7-10,13-15H,2,6,11H2,1H3. The zero-order chi connectivity index (χ0) is 13.7. The van der Waals surface area contributed by atoms with Gasteiger partial charge in [0.15, 0.2) is 0 Å².